The van der Waals surface area contributed by atoms with E-state index in [1.54, 1.807) is 13.8 Å². The van der Waals surface area contributed by atoms with Crippen LogP contribution in [0.2, 0.25) is 0 Å². The number of nitrogens with zero attached hydrogens (tertiary/aromatic N) is 3. The zero-order valence-corrected chi connectivity index (χ0v) is 15.1. The number of halogens is 3. The molecule has 9 heteroatoms. The molecule has 3 rings (SSSR count). The second kappa shape index (κ2) is 7.25. The van der Waals surface area contributed by atoms with E-state index >= 15 is 0 Å². The van der Waals surface area contributed by atoms with Crippen molar-refractivity contribution in [3.8, 4) is 16.5 Å². The van der Waals surface area contributed by atoms with Gasteiger partial charge in [-0.3, -0.25) is 0 Å². The highest BCUT2D eigenvalue weighted by Crippen LogP contribution is 2.33. The van der Waals surface area contributed by atoms with E-state index in [0.29, 0.717) is 17.2 Å². The number of aromatic nitrogens is 1. The maximum Gasteiger partial charge on any atom is 0.416 e. The van der Waals surface area contributed by atoms with Gasteiger partial charge in [-0.2, -0.15) is 23.5 Å². The summed E-state index contributed by atoms with van der Waals surface area (Å²) in [7, 11) is 0. The van der Waals surface area contributed by atoms with Crippen molar-refractivity contribution in [3.63, 3.8) is 0 Å². The molecule has 0 aliphatic rings. The summed E-state index contributed by atoms with van der Waals surface area (Å²) in [6, 6.07) is 10.6. The summed E-state index contributed by atoms with van der Waals surface area (Å²) >= 11 is 1.39. The molecule has 0 unspecified atom stereocenters. The smallest absolute Gasteiger partial charge is 0.416 e. The van der Waals surface area contributed by atoms with Crippen LogP contribution >= 0.6 is 11.3 Å². The lowest BCUT2D eigenvalue weighted by atomic mass is 10.1. The number of anilines is 1. The number of nitrogens with one attached hydrogen (secondary N) is 1. The Kier molecular flexibility index (Phi) is 5.01. The SMILES string of the molecule is C/C(=N\Nc1oc(C)nc1C#N)c1ccc(-c2ccc(C(F)(F)F)cc2)s1. The first-order valence-electron chi connectivity index (χ1n) is 7.73. The highest BCUT2D eigenvalue weighted by Gasteiger charge is 2.30. The summed E-state index contributed by atoms with van der Waals surface area (Å²) in [5, 5.41) is 13.2. The molecule has 3 aromatic rings. The molecular weight excluding hydrogens is 377 g/mol. The predicted molar refractivity (Wildman–Crippen MR) is 96.5 cm³/mol. The summed E-state index contributed by atoms with van der Waals surface area (Å²) in [5.74, 6) is 0.511. The van der Waals surface area contributed by atoms with Crippen molar-refractivity contribution in [1.82, 2.24) is 4.98 Å². The summed E-state index contributed by atoms with van der Waals surface area (Å²) in [5.41, 5.74) is 3.43. The third kappa shape index (κ3) is 4.17. The van der Waals surface area contributed by atoms with Crippen LogP contribution in [0.1, 0.15) is 28.9 Å². The molecule has 0 amide bonds. The van der Waals surface area contributed by atoms with E-state index in [-0.39, 0.29) is 11.6 Å². The number of thiophene rings is 1. The van der Waals surface area contributed by atoms with Crippen LogP contribution in [0.4, 0.5) is 19.1 Å². The second-order valence-corrected chi connectivity index (χ2v) is 6.65. The van der Waals surface area contributed by atoms with Crippen molar-refractivity contribution in [3.05, 3.63) is 58.4 Å². The number of hydrogen-bond acceptors (Lipinski definition) is 6. The van der Waals surface area contributed by atoms with E-state index in [1.165, 1.54) is 23.5 Å². The van der Waals surface area contributed by atoms with Gasteiger partial charge in [0.1, 0.15) is 6.07 Å². The predicted octanol–water partition coefficient (Wildman–Crippen LogP) is 5.44. The zero-order chi connectivity index (χ0) is 19.6. The molecule has 0 aliphatic carbocycles. The molecule has 1 aromatic carbocycles. The van der Waals surface area contributed by atoms with E-state index in [9.17, 15) is 13.2 Å². The van der Waals surface area contributed by atoms with E-state index in [1.807, 2.05) is 18.2 Å². The molecule has 0 bridgehead atoms. The van der Waals surface area contributed by atoms with Crippen molar-refractivity contribution in [1.29, 1.82) is 5.26 Å². The van der Waals surface area contributed by atoms with E-state index in [4.69, 9.17) is 9.68 Å². The molecule has 0 saturated carbocycles. The largest absolute Gasteiger partial charge is 0.422 e. The van der Waals surface area contributed by atoms with Crippen LogP contribution in [0.15, 0.2) is 45.9 Å². The molecule has 2 aromatic heterocycles. The average Bonchev–Trinajstić information content (AvgIpc) is 3.25. The molecule has 1 N–H and O–H groups in total. The normalized spacial score (nSPS) is 12.1. The molecule has 0 spiro atoms. The van der Waals surface area contributed by atoms with Gasteiger partial charge < -0.3 is 4.42 Å². The number of benzene rings is 1. The Morgan fingerprint density at radius 3 is 2.56 bits per heavy atom. The molecular formula is C18H13F3N4OS. The van der Waals surface area contributed by atoms with E-state index in [2.05, 4.69) is 15.5 Å². The van der Waals surface area contributed by atoms with Gasteiger partial charge in [-0.25, -0.2) is 10.4 Å². The fourth-order valence-corrected chi connectivity index (χ4v) is 3.24. The molecule has 0 aliphatic heterocycles. The molecule has 0 saturated heterocycles. The Morgan fingerprint density at radius 2 is 1.93 bits per heavy atom. The molecule has 27 heavy (non-hydrogen) atoms. The minimum absolute atomic E-state index is 0.112. The van der Waals surface area contributed by atoms with Crippen molar-refractivity contribution >= 4 is 22.9 Å². The zero-order valence-electron chi connectivity index (χ0n) is 14.3. The fraction of sp³-hybridized carbons (Fsp3) is 0.167. The third-order valence-electron chi connectivity index (χ3n) is 3.62. The van der Waals surface area contributed by atoms with Gasteiger partial charge >= 0.3 is 6.18 Å². The molecule has 0 fully saturated rings. The maximum atomic E-state index is 12.7. The van der Waals surface area contributed by atoms with E-state index < -0.39 is 11.7 Å². The first-order chi connectivity index (χ1) is 12.8. The molecule has 0 atom stereocenters. The lowest BCUT2D eigenvalue weighted by Gasteiger charge is -2.06. The van der Waals surface area contributed by atoms with Gasteiger partial charge in [0.15, 0.2) is 5.89 Å². The van der Waals surface area contributed by atoms with Crippen molar-refractivity contribution in [2.75, 3.05) is 5.43 Å². The average molecular weight is 390 g/mol. The second-order valence-electron chi connectivity index (χ2n) is 5.57. The minimum atomic E-state index is -4.35. The van der Waals surface area contributed by atoms with Gasteiger partial charge in [0.05, 0.1) is 16.2 Å². The topological polar surface area (TPSA) is 74.2 Å². The van der Waals surface area contributed by atoms with Crippen LogP contribution in [0.3, 0.4) is 0 Å². The number of alkyl halides is 3. The van der Waals surface area contributed by atoms with Gasteiger partial charge in [0.2, 0.25) is 5.69 Å². The summed E-state index contributed by atoms with van der Waals surface area (Å²) in [6.07, 6.45) is -4.35. The lowest BCUT2D eigenvalue weighted by Crippen LogP contribution is -2.03. The number of hydrazone groups is 1. The first kappa shape index (κ1) is 18.7. The van der Waals surface area contributed by atoms with Crippen molar-refractivity contribution in [2.24, 2.45) is 5.10 Å². The monoisotopic (exact) mass is 390 g/mol. The van der Waals surface area contributed by atoms with Crippen molar-refractivity contribution in [2.45, 2.75) is 20.0 Å². The number of rotatable bonds is 4. The van der Waals surface area contributed by atoms with Crippen LogP contribution in [0, 0.1) is 18.3 Å². The number of oxazole rings is 1. The van der Waals surface area contributed by atoms with Gasteiger partial charge in [-0.05, 0) is 36.8 Å². The molecule has 0 radical (unpaired) electrons. The van der Waals surface area contributed by atoms with Crippen molar-refractivity contribution < 1.29 is 17.6 Å². The maximum absolute atomic E-state index is 12.7. The molecule has 5 nitrogen and oxygen atoms in total. The third-order valence-corrected chi connectivity index (χ3v) is 4.87. The number of nitriles is 1. The highest BCUT2D eigenvalue weighted by atomic mass is 32.1. The van der Waals surface area contributed by atoms with Gasteiger partial charge in [0.25, 0.3) is 5.88 Å². The lowest BCUT2D eigenvalue weighted by molar-refractivity contribution is -0.137. The molecule has 138 valence electrons. The standard InChI is InChI=1S/C18H13F3N4OS/c1-10(24-25-17-14(9-22)23-11(2)26-17)15-7-8-16(27-15)12-3-5-13(6-4-12)18(19,20)21/h3-8,25H,1-2H3/b24-10+. The van der Waals surface area contributed by atoms with Gasteiger partial charge in [0, 0.05) is 11.8 Å². The number of hydrogen-bond donors (Lipinski definition) is 1. The fourth-order valence-electron chi connectivity index (χ4n) is 2.28. The Labute approximate surface area is 156 Å². The molecule has 2 heterocycles. The van der Waals surface area contributed by atoms with Gasteiger partial charge in [-0.1, -0.05) is 12.1 Å². The summed E-state index contributed by atoms with van der Waals surface area (Å²) in [4.78, 5) is 5.56. The van der Waals surface area contributed by atoms with Crippen LogP contribution in [-0.2, 0) is 6.18 Å². The van der Waals surface area contributed by atoms with Crippen LogP contribution in [-0.4, -0.2) is 10.7 Å². The van der Waals surface area contributed by atoms with Crippen LogP contribution < -0.4 is 5.43 Å². The Morgan fingerprint density at radius 1 is 1.22 bits per heavy atom. The minimum Gasteiger partial charge on any atom is -0.422 e. The van der Waals surface area contributed by atoms with Gasteiger partial charge in [-0.15, -0.1) is 11.3 Å². The Hall–Kier alpha value is -3.12. The summed E-state index contributed by atoms with van der Waals surface area (Å²) in [6.45, 7) is 3.39. The quantitative estimate of drug-likeness (QED) is 0.476. The van der Waals surface area contributed by atoms with Crippen LogP contribution in [0.5, 0.6) is 0 Å². The number of aryl methyl sites for hydroxylation is 1. The summed E-state index contributed by atoms with van der Waals surface area (Å²) < 4.78 is 43.2. The highest BCUT2D eigenvalue weighted by molar-refractivity contribution is 7.17. The Balaban J connectivity index is 1.77. The van der Waals surface area contributed by atoms with E-state index in [0.717, 1.165) is 21.9 Å². The first-order valence-corrected chi connectivity index (χ1v) is 8.55. The Bertz CT molecular complexity index is 1030. The van der Waals surface area contributed by atoms with Crippen LogP contribution in [0.25, 0.3) is 10.4 Å².